The molecule has 16 heavy (non-hydrogen) atoms. The molecule has 1 aromatic rings. The lowest BCUT2D eigenvalue weighted by Crippen LogP contribution is -2.28. The van der Waals surface area contributed by atoms with Crippen LogP contribution in [0.2, 0.25) is 5.02 Å². The van der Waals surface area contributed by atoms with Crippen molar-refractivity contribution in [1.82, 2.24) is 0 Å². The number of carbonyl (C=O) groups is 1. The monoisotopic (exact) mass is 274 g/mol. The van der Waals surface area contributed by atoms with E-state index < -0.39 is 5.16 Å². The molecule has 0 heterocycles. The Hall–Kier alpha value is -0.0400. The molecule has 0 aliphatic carbocycles. The van der Waals surface area contributed by atoms with E-state index in [-0.39, 0.29) is 5.78 Å². The van der Waals surface area contributed by atoms with E-state index in [1.165, 1.54) is 0 Å². The molecule has 4 heteroatoms. The van der Waals surface area contributed by atoms with Crippen molar-refractivity contribution in [2.75, 3.05) is 6.26 Å². The van der Waals surface area contributed by atoms with E-state index in [2.05, 4.69) is 9.24 Å². The van der Waals surface area contributed by atoms with E-state index >= 15 is 0 Å². The quantitative estimate of drug-likeness (QED) is 0.463. The van der Waals surface area contributed by atoms with Crippen molar-refractivity contribution < 1.29 is 4.79 Å². The van der Waals surface area contributed by atoms with Gasteiger partial charge < -0.3 is 0 Å². The van der Waals surface area contributed by atoms with Gasteiger partial charge in [0.1, 0.15) is 0 Å². The van der Waals surface area contributed by atoms with Crippen LogP contribution in [0.25, 0.3) is 0 Å². The van der Waals surface area contributed by atoms with Crippen LogP contribution in [0.4, 0.5) is 0 Å². The van der Waals surface area contributed by atoms with Crippen molar-refractivity contribution in [1.29, 1.82) is 0 Å². The van der Waals surface area contributed by atoms with Gasteiger partial charge in [-0.15, -0.1) is 21.0 Å². The summed E-state index contributed by atoms with van der Waals surface area (Å²) in [6, 6.07) is 5.57. The summed E-state index contributed by atoms with van der Waals surface area (Å²) in [4.78, 5) is 13.3. The topological polar surface area (TPSA) is 17.1 Å². The van der Waals surface area contributed by atoms with Gasteiger partial charge in [-0.3, -0.25) is 4.79 Å². The zero-order chi connectivity index (χ0) is 12.3. The first-order chi connectivity index (χ1) is 7.44. The highest BCUT2D eigenvalue weighted by molar-refractivity contribution is 7.98. The van der Waals surface area contributed by atoms with E-state index in [1.807, 2.05) is 32.2 Å². The molecule has 0 saturated carbocycles. The second kappa shape index (κ2) is 5.53. The molecular formula is C12H16ClOPS. The van der Waals surface area contributed by atoms with E-state index in [0.29, 0.717) is 10.6 Å². The van der Waals surface area contributed by atoms with Gasteiger partial charge in [0.05, 0.1) is 10.6 Å². The fourth-order valence-electron chi connectivity index (χ4n) is 1.34. The summed E-state index contributed by atoms with van der Waals surface area (Å²) in [5.74, 6) is 0.0925. The minimum Gasteiger partial charge on any atom is -0.293 e. The van der Waals surface area contributed by atoms with Gasteiger partial charge in [-0.2, -0.15) is 0 Å². The third kappa shape index (κ3) is 2.80. The minimum absolute atomic E-state index is 0.0925. The van der Waals surface area contributed by atoms with Gasteiger partial charge >= 0.3 is 0 Å². The lowest BCUT2D eigenvalue weighted by atomic mass is 9.96. The molecule has 2 unspecified atom stereocenters. The summed E-state index contributed by atoms with van der Waals surface area (Å²) in [7, 11) is 2.63. The SMILES string of the molecule is CCC(C)(P)C(=O)c1c(Cl)cccc1SC. The minimum atomic E-state index is -0.435. The Morgan fingerprint density at radius 2 is 2.19 bits per heavy atom. The number of benzene rings is 1. The molecular weight excluding hydrogens is 259 g/mol. The van der Waals surface area contributed by atoms with Gasteiger partial charge in [0.25, 0.3) is 0 Å². The van der Waals surface area contributed by atoms with Crippen molar-refractivity contribution >= 4 is 38.4 Å². The summed E-state index contributed by atoms with van der Waals surface area (Å²) in [5.41, 5.74) is 0.649. The van der Waals surface area contributed by atoms with Gasteiger partial charge in [-0.05, 0) is 31.7 Å². The second-order valence-electron chi connectivity index (χ2n) is 3.92. The van der Waals surface area contributed by atoms with Crippen molar-refractivity contribution in [3.05, 3.63) is 28.8 Å². The highest BCUT2D eigenvalue weighted by atomic mass is 35.5. The predicted octanol–water partition coefficient (Wildman–Crippen LogP) is 4.29. The van der Waals surface area contributed by atoms with Crippen molar-refractivity contribution in [3.63, 3.8) is 0 Å². The second-order valence-corrected chi connectivity index (χ2v) is 6.45. The predicted molar refractivity (Wildman–Crippen MR) is 76.0 cm³/mol. The Bertz CT molecular complexity index is 404. The number of carbonyl (C=O) groups excluding carboxylic acids is 1. The molecule has 0 aliphatic heterocycles. The van der Waals surface area contributed by atoms with E-state index in [1.54, 1.807) is 17.8 Å². The van der Waals surface area contributed by atoms with Crippen LogP contribution in [0.15, 0.2) is 23.1 Å². The highest BCUT2D eigenvalue weighted by Crippen LogP contribution is 2.34. The first-order valence-electron chi connectivity index (χ1n) is 5.10. The smallest absolute Gasteiger partial charge is 0.175 e. The molecule has 0 spiro atoms. The number of rotatable bonds is 4. The maximum Gasteiger partial charge on any atom is 0.175 e. The Balaban J connectivity index is 3.27. The lowest BCUT2D eigenvalue weighted by Gasteiger charge is -2.22. The number of Topliss-reactive ketones (excluding diaryl/α,β-unsaturated/α-hetero) is 1. The Kier molecular flexibility index (Phi) is 4.85. The molecule has 1 aromatic carbocycles. The summed E-state index contributed by atoms with van der Waals surface area (Å²) in [5, 5.41) is 0.106. The summed E-state index contributed by atoms with van der Waals surface area (Å²) < 4.78 is 0. The first-order valence-corrected chi connectivity index (χ1v) is 7.28. The van der Waals surface area contributed by atoms with Crippen LogP contribution in [0.5, 0.6) is 0 Å². The van der Waals surface area contributed by atoms with E-state index in [4.69, 9.17) is 11.6 Å². The number of hydrogen-bond donors (Lipinski definition) is 0. The van der Waals surface area contributed by atoms with Gasteiger partial charge in [0, 0.05) is 10.1 Å². The largest absolute Gasteiger partial charge is 0.293 e. The average molecular weight is 275 g/mol. The highest BCUT2D eigenvalue weighted by Gasteiger charge is 2.29. The van der Waals surface area contributed by atoms with E-state index in [9.17, 15) is 4.79 Å². The Morgan fingerprint density at radius 3 is 2.69 bits per heavy atom. The first kappa shape index (κ1) is 14.0. The molecule has 88 valence electrons. The molecule has 0 N–H and O–H groups in total. The molecule has 0 bridgehead atoms. The summed E-state index contributed by atoms with van der Waals surface area (Å²) >= 11 is 7.67. The number of halogens is 1. The third-order valence-corrected chi connectivity index (χ3v) is 4.44. The molecule has 0 aromatic heterocycles. The summed E-state index contributed by atoms with van der Waals surface area (Å²) in [6.45, 7) is 3.92. The molecule has 0 saturated heterocycles. The zero-order valence-electron chi connectivity index (χ0n) is 9.71. The van der Waals surface area contributed by atoms with Gasteiger partial charge in [0.15, 0.2) is 5.78 Å². The average Bonchev–Trinajstić information content (AvgIpc) is 2.27. The number of hydrogen-bond acceptors (Lipinski definition) is 2. The molecule has 1 rings (SSSR count). The number of thioether (sulfide) groups is 1. The maximum absolute atomic E-state index is 12.4. The molecule has 0 amide bonds. The molecule has 2 atom stereocenters. The third-order valence-electron chi connectivity index (χ3n) is 2.68. The van der Waals surface area contributed by atoms with Crippen LogP contribution in [-0.4, -0.2) is 17.2 Å². The fraction of sp³-hybridized carbons (Fsp3) is 0.417. The fourth-order valence-corrected chi connectivity index (χ4v) is 2.42. The van der Waals surface area contributed by atoms with Gasteiger partial charge in [-0.25, -0.2) is 0 Å². The van der Waals surface area contributed by atoms with Gasteiger partial charge in [0.2, 0.25) is 0 Å². The maximum atomic E-state index is 12.4. The van der Waals surface area contributed by atoms with Crippen LogP contribution in [-0.2, 0) is 0 Å². The van der Waals surface area contributed by atoms with Crippen LogP contribution >= 0.6 is 32.6 Å². The van der Waals surface area contributed by atoms with Crippen molar-refractivity contribution in [2.45, 2.75) is 30.3 Å². The zero-order valence-corrected chi connectivity index (χ0v) is 12.4. The van der Waals surface area contributed by atoms with Crippen LogP contribution < -0.4 is 0 Å². The molecule has 1 nitrogen and oxygen atoms in total. The molecule has 0 fully saturated rings. The van der Waals surface area contributed by atoms with Crippen LogP contribution in [0.1, 0.15) is 30.6 Å². The lowest BCUT2D eigenvalue weighted by molar-refractivity contribution is 0.0945. The van der Waals surface area contributed by atoms with Crippen molar-refractivity contribution in [3.8, 4) is 0 Å². The van der Waals surface area contributed by atoms with Crippen LogP contribution in [0.3, 0.4) is 0 Å². The standard InChI is InChI=1S/C12H16ClOPS/c1-4-12(2,15)11(14)10-8(13)6-5-7-9(10)16-3/h5-7H,4,15H2,1-3H3. The normalized spacial score (nSPS) is 14.6. The Morgan fingerprint density at radius 1 is 1.56 bits per heavy atom. The van der Waals surface area contributed by atoms with E-state index in [0.717, 1.165) is 11.3 Å². The molecule has 0 aliphatic rings. The van der Waals surface area contributed by atoms with Crippen LogP contribution in [0, 0.1) is 0 Å². The Labute approximate surface area is 109 Å². The summed E-state index contributed by atoms with van der Waals surface area (Å²) in [6.07, 6.45) is 2.73. The number of ketones is 1. The van der Waals surface area contributed by atoms with Gasteiger partial charge in [-0.1, -0.05) is 24.6 Å². The van der Waals surface area contributed by atoms with Crippen molar-refractivity contribution in [2.24, 2.45) is 0 Å². The molecule has 0 radical (unpaired) electrons.